The Bertz CT molecular complexity index is 489. The van der Waals surface area contributed by atoms with Crippen LogP contribution in [-0.2, 0) is 4.79 Å². The number of piperidine rings is 1. The molecule has 1 aromatic carbocycles. The van der Waals surface area contributed by atoms with Crippen molar-refractivity contribution in [2.75, 3.05) is 0 Å². The molecule has 1 aliphatic heterocycles. The standard InChI is InChI=1S/C15H21FN2O/c1-8-4-5-11(16)7-12(8)14-13(15(17)19)9(2)6-10(3)18-14/h4-5,7,9-10,13-14,18H,6H2,1-3H3,(H2,17,19). The summed E-state index contributed by atoms with van der Waals surface area (Å²) < 4.78 is 13.5. The van der Waals surface area contributed by atoms with Crippen LogP contribution in [0.4, 0.5) is 4.39 Å². The van der Waals surface area contributed by atoms with Crippen molar-refractivity contribution >= 4 is 5.91 Å². The van der Waals surface area contributed by atoms with E-state index in [0.29, 0.717) is 6.04 Å². The second-order valence-electron chi connectivity index (χ2n) is 5.69. The van der Waals surface area contributed by atoms with Gasteiger partial charge in [0.1, 0.15) is 5.82 Å². The molecule has 0 aliphatic carbocycles. The number of aryl methyl sites for hydroxylation is 1. The number of halogens is 1. The number of nitrogens with one attached hydrogen (secondary N) is 1. The summed E-state index contributed by atoms with van der Waals surface area (Å²) in [5, 5.41) is 3.40. The van der Waals surface area contributed by atoms with Gasteiger partial charge in [-0.15, -0.1) is 0 Å². The molecular formula is C15H21FN2O. The predicted molar refractivity (Wildman–Crippen MR) is 72.9 cm³/mol. The maximum atomic E-state index is 13.5. The molecule has 2 rings (SSSR count). The first kappa shape index (κ1) is 14.0. The number of rotatable bonds is 2. The van der Waals surface area contributed by atoms with Gasteiger partial charge in [0.15, 0.2) is 0 Å². The largest absolute Gasteiger partial charge is 0.369 e. The molecule has 3 nitrogen and oxygen atoms in total. The molecule has 1 amide bonds. The summed E-state index contributed by atoms with van der Waals surface area (Å²) in [6.07, 6.45) is 0.901. The zero-order valence-corrected chi connectivity index (χ0v) is 11.6. The van der Waals surface area contributed by atoms with Crippen LogP contribution in [0.25, 0.3) is 0 Å². The number of hydrogen-bond donors (Lipinski definition) is 2. The minimum absolute atomic E-state index is 0.196. The number of benzene rings is 1. The lowest BCUT2D eigenvalue weighted by Gasteiger charge is -2.39. The van der Waals surface area contributed by atoms with Crippen molar-refractivity contribution in [1.29, 1.82) is 0 Å². The molecule has 0 saturated carbocycles. The van der Waals surface area contributed by atoms with E-state index in [1.807, 2.05) is 13.8 Å². The summed E-state index contributed by atoms with van der Waals surface area (Å²) >= 11 is 0. The average Bonchev–Trinajstić information content (AvgIpc) is 2.30. The Morgan fingerprint density at radius 3 is 2.74 bits per heavy atom. The number of amides is 1. The molecule has 1 aromatic rings. The third-order valence-electron chi connectivity index (χ3n) is 4.07. The highest BCUT2D eigenvalue weighted by molar-refractivity contribution is 5.78. The minimum atomic E-state index is -0.319. The monoisotopic (exact) mass is 264 g/mol. The lowest BCUT2D eigenvalue weighted by molar-refractivity contribution is -0.125. The molecule has 3 N–H and O–H groups in total. The Labute approximate surface area is 113 Å². The summed E-state index contributed by atoms with van der Waals surface area (Å²) in [6.45, 7) is 6.04. The van der Waals surface area contributed by atoms with Gasteiger partial charge in [-0.1, -0.05) is 13.0 Å². The van der Waals surface area contributed by atoms with Crippen LogP contribution in [0, 0.1) is 24.6 Å². The van der Waals surface area contributed by atoms with Crippen molar-refractivity contribution in [2.24, 2.45) is 17.6 Å². The molecule has 0 spiro atoms. The molecule has 4 atom stereocenters. The van der Waals surface area contributed by atoms with Gasteiger partial charge >= 0.3 is 0 Å². The van der Waals surface area contributed by atoms with Gasteiger partial charge in [0.2, 0.25) is 5.91 Å². The molecule has 0 radical (unpaired) electrons. The Kier molecular flexibility index (Phi) is 3.90. The maximum Gasteiger partial charge on any atom is 0.222 e. The van der Waals surface area contributed by atoms with Crippen LogP contribution in [0.2, 0.25) is 0 Å². The molecular weight excluding hydrogens is 243 g/mol. The topological polar surface area (TPSA) is 55.1 Å². The van der Waals surface area contributed by atoms with Gasteiger partial charge in [-0.25, -0.2) is 4.39 Å². The molecule has 1 aliphatic rings. The van der Waals surface area contributed by atoms with Gasteiger partial charge in [0, 0.05) is 12.1 Å². The van der Waals surface area contributed by atoms with E-state index in [2.05, 4.69) is 12.2 Å². The number of hydrogen-bond acceptors (Lipinski definition) is 2. The molecule has 104 valence electrons. The predicted octanol–water partition coefficient (Wildman–Crippen LogP) is 2.29. The van der Waals surface area contributed by atoms with Crippen LogP contribution >= 0.6 is 0 Å². The zero-order chi connectivity index (χ0) is 14.2. The molecule has 4 unspecified atom stereocenters. The highest BCUT2D eigenvalue weighted by Gasteiger charge is 2.38. The summed E-state index contributed by atoms with van der Waals surface area (Å²) in [6, 6.07) is 4.78. The number of carbonyl (C=O) groups excluding carboxylic acids is 1. The Hall–Kier alpha value is -1.42. The van der Waals surface area contributed by atoms with Gasteiger partial charge in [0.05, 0.1) is 5.92 Å². The first-order valence-electron chi connectivity index (χ1n) is 6.71. The third kappa shape index (κ3) is 2.78. The van der Waals surface area contributed by atoms with E-state index in [0.717, 1.165) is 17.5 Å². The first-order valence-corrected chi connectivity index (χ1v) is 6.71. The Morgan fingerprint density at radius 1 is 1.42 bits per heavy atom. The minimum Gasteiger partial charge on any atom is -0.369 e. The van der Waals surface area contributed by atoms with E-state index in [1.165, 1.54) is 12.1 Å². The van der Waals surface area contributed by atoms with Crippen molar-refractivity contribution in [2.45, 2.75) is 39.3 Å². The van der Waals surface area contributed by atoms with Crippen LogP contribution in [-0.4, -0.2) is 11.9 Å². The van der Waals surface area contributed by atoms with E-state index in [4.69, 9.17) is 5.73 Å². The van der Waals surface area contributed by atoms with Gasteiger partial charge in [-0.3, -0.25) is 4.79 Å². The molecule has 0 bridgehead atoms. The molecule has 0 aromatic heterocycles. The average molecular weight is 264 g/mol. The van der Waals surface area contributed by atoms with Gasteiger partial charge in [-0.05, 0) is 49.4 Å². The Balaban J connectivity index is 2.43. The van der Waals surface area contributed by atoms with Crippen LogP contribution < -0.4 is 11.1 Å². The fraction of sp³-hybridized carbons (Fsp3) is 0.533. The van der Waals surface area contributed by atoms with Crippen LogP contribution in [0.1, 0.15) is 37.4 Å². The highest BCUT2D eigenvalue weighted by Crippen LogP contribution is 2.36. The number of carbonyl (C=O) groups is 1. The van der Waals surface area contributed by atoms with E-state index in [9.17, 15) is 9.18 Å². The SMILES string of the molecule is Cc1ccc(F)cc1C1NC(C)CC(C)C1C(N)=O. The van der Waals surface area contributed by atoms with E-state index in [-0.39, 0.29) is 29.6 Å². The second kappa shape index (κ2) is 5.29. The normalized spacial score (nSPS) is 31.2. The van der Waals surface area contributed by atoms with Crippen LogP contribution in [0.15, 0.2) is 18.2 Å². The van der Waals surface area contributed by atoms with Gasteiger partial charge in [0.25, 0.3) is 0 Å². The molecule has 4 heteroatoms. The van der Waals surface area contributed by atoms with Gasteiger partial charge < -0.3 is 11.1 Å². The molecule has 1 saturated heterocycles. The van der Waals surface area contributed by atoms with E-state index < -0.39 is 0 Å². The fourth-order valence-electron chi connectivity index (χ4n) is 3.19. The third-order valence-corrected chi connectivity index (χ3v) is 4.07. The quantitative estimate of drug-likeness (QED) is 0.861. The van der Waals surface area contributed by atoms with Crippen molar-refractivity contribution in [3.8, 4) is 0 Å². The van der Waals surface area contributed by atoms with Crippen molar-refractivity contribution in [1.82, 2.24) is 5.32 Å². The van der Waals surface area contributed by atoms with Gasteiger partial charge in [-0.2, -0.15) is 0 Å². The second-order valence-corrected chi connectivity index (χ2v) is 5.69. The lowest BCUT2D eigenvalue weighted by atomic mass is 9.75. The highest BCUT2D eigenvalue weighted by atomic mass is 19.1. The van der Waals surface area contributed by atoms with Crippen molar-refractivity contribution in [3.63, 3.8) is 0 Å². The fourth-order valence-corrected chi connectivity index (χ4v) is 3.19. The smallest absolute Gasteiger partial charge is 0.222 e. The van der Waals surface area contributed by atoms with Crippen LogP contribution in [0.5, 0.6) is 0 Å². The molecule has 19 heavy (non-hydrogen) atoms. The Morgan fingerprint density at radius 2 is 2.11 bits per heavy atom. The number of nitrogens with two attached hydrogens (primary N) is 1. The number of primary amides is 1. The first-order chi connectivity index (χ1) is 8.90. The summed E-state index contributed by atoms with van der Waals surface area (Å²) in [5.41, 5.74) is 7.36. The molecule has 1 heterocycles. The lowest BCUT2D eigenvalue weighted by Crippen LogP contribution is -2.49. The van der Waals surface area contributed by atoms with Crippen molar-refractivity contribution in [3.05, 3.63) is 35.1 Å². The zero-order valence-electron chi connectivity index (χ0n) is 11.6. The van der Waals surface area contributed by atoms with Crippen LogP contribution in [0.3, 0.4) is 0 Å². The van der Waals surface area contributed by atoms with E-state index >= 15 is 0 Å². The van der Waals surface area contributed by atoms with E-state index in [1.54, 1.807) is 6.07 Å². The maximum absolute atomic E-state index is 13.5. The summed E-state index contributed by atoms with van der Waals surface area (Å²) in [4.78, 5) is 11.7. The summed E-state index contributed by atoms with van der Waals surface area (Å²) in [7, 11) is 0. The summed E-state index contributed by atoms with van der Waals surface area (Å²) in [5.74, 6) is -0.699. The molecule has 1 fully saturated rings. The van der Waals surface area contributed by atoms with Crippen molar-refractivity contribution < 1.29 is 9.18 Å².